The molecule has 0 unspecified atom stereocenters. The highest BCUT2D eigenvalue weighted by molar-refractivity contribution is 6.19. The van der Waals surface area contributed by atoms with Crippen molar-refractivity contribution in [1.29, 1.82) is 0 Å². The Balaban J connectivity index is 0.000000187. The quantitative estimate of drug-likeness (QED) is 0.691. The molecule has 2 heteroatoms. The summed E-state index contributed by atoms with van der Waals surface area (Å²) in [5.41, 5.74) is 1.20. The van der Waals surface area contributed by atoms with Gasteiger partial charge in [0.2, 0.25) is 0 Å². The van der Waals surface area contributed by atoms with Crippen LogP contribution in [0.1, 0.15) is 5.56 Å². The average Bonchev–Trinajstić information content (AvgIpc) is 2.86. The first-order chi connectivity index (χ1) is 7.43. The largest absolute Gasteiger partial charge is 0.473 e. The van der Waals surface area contributed by atoms with Crippen LogP contribution in [0.5, 0.6) is 0 Å². The van der Waals surface area contributed by atoms with Crippen molar-refractivity contribution in [2.24, 2.45) is 0 Å². The molecule has 1 heterocycles. The first-order valence-electron chi connectivity index (χ1n) is 4.68. The van der Waals surface area contributed by atoms with E-state index in [2.05, 4.69) is 4.42 Å². The van der Waals surface area contributed by atoms with Gasteiger partial charge in [-0.3, -0.25) is 0 Å². The molecule has 0 saturated carbocycles. The van der Waals surface area contributed by atoms with Gasteiger partial charge in [0.15, 0.2) is 0 Å². The zero-order chi connectivity index (χ0) is 10.8. The van der Waals surface area contributed by atoms with Crippen LogP contribution in [-0.2, 0) is 0 Å². The Kier molecular flexibility index (Phi) is 6.10. The van der Waals surface area contributed by atoms with Gasteiger partial charge < -0.3 is 4.42 Å². The van der Waals surface area contributed by atoms with E-state index < -0.39 is 0 Å². The van der Waals surface area contributed by atoms with Crippen molar-refractivity contribution in [2.45, 2.75) is 0 Å². The molecule has 0 saturated heterocycles. The van der Waals surface area contributed by atoms with E-state index in [-0.39, 0.29) is 0 Å². The van der Waals surface area contributed by atoms with Crippen LogP contribution in [-0.4, -0.2) is 5.88 Å². The summed E-state index contributed by atoms with van der Waals surface area (Å²) in [5, 5.41) is 0. The normalized spacial score (nSPS) is 9.67. The molecule has 0 bridgehead atoms. The average molecular weight is 221 g/mol. The van der Waals surface area contributed by atoms with Crippen LogP contribution >= 0.6 is 11.6 Å². The smallest absolute Gasteiger partial charge is 0.0902 e. The molecule has 2 aromatic rings. The molecule has 1 aromatic heterocycles. The predicted molar refractivity (Wildman–Crippen MR) is 64.9 cm³/mol. The number of halogens is 1. The van der Waals surface area contributed by atoms with Crippen molar-refractivity contribution in [1.82, 2.24) is 0 Å². The van der Waals surface area contributed by atoms with Crippen molar-refractivity contribution in [2.75, 3.05) is 5.88 Å². The second-order valence-electron chi connectivity index (χ2n) is 2.76. The first-order valence-corrected chi connectivity index (χ1v) is 5.21. The maximum Gasteiger partial charge on any atom is 0.0902 e. The number of hydrogen-bond donors (Lipinski definition) is 0. The Morgan fingerprint density at radius 3 is 2.13 bits per heavy atom. The summed E-state index contributed by atoms with van der Waals surface area (Å²) in [6.07, 6.45) is 7.18. The highest BCUT2D eigenvalue weighted by Gasteiger charge is 1.79. The summed E-state index contributed by atoms with van der Waals surface area (Å²) in [4.78, 5) is 0. The van der Waals surface area contributed by atoms with Gasteiger partial charge in [-0.25, -0.2) is 0 Å². The van der Waals surface area contributed by atoms with Crippen molar-refractivity contribution in [3.05, 3.63) is 66.6 Å². The second kappa shape index (κ2) is 7.89. The van der Waals surface area contributed by atoms with Gasteiger partial charge in [0.05, 0.1) is 12.5 Å². The predicted octanol–water partition coefficient (Wildman–Crippen LogP) is 4.22. The van der Waals surface area contributed by atoms with E-state index in [1.807, 2.05) is 54.6 Å². The van der Waals surface area contributed by atoms with Gasteiger partial charge in [0, 0.05) is 5.88 Å². The summed E-state index contributed by atoms with van der Waals surface area (Å²) < 4.78 is 4.58. The summed E-state index contributed by atoms with van der Waals surface area (Å²) >= 11 is 5.46. The first kappa shape index (κ1) is 11.6. The van der Waals surface area contributed by atoms with Gasteiger partial charge in [-0.05, 0) is 17.7 Å². The van der Waals surface area contributed by atoms with Crippen molar-refractivity contribution < 1.29 is 4.42 Å². The number of alkyl halides is 1. The minimum absolute atomic E-state index is 0.578. The Labute approximate surface area is 95.0 Å². The highest BCUT2D eigenvalue weighted by Crippen LogP contribution is 2.00. The lowest BCUT2D eigenvalue weighted by Crippen LogP contribution is -1.67. The SMILES string of the molecule is ClCC=Cc1ccccc1.c1ccoc1. The lowest BCUT2D eigenvalue weighted by Gasteiger charge is -1.87. The lowest BCUT2D eigenvalue weighted by atomic mass is 10.2. The van der Waals surface area contributed by atoms with E-state index in [0.717, 1.165) is 0 Å². The van der Waals surface area contributed by atoms with Gasteiger partial charge in [0.1, 0.15) is 0 Å². The Morgan fingerprint density at radius 2 is 1.67 bits per heavy atom. The fourth-order valence-corrected chi connectivity index (χ4v) is 1.06. The molecule has 0 radical (unpaired) electrons. The standard InChI is InChI=1S/C9H9Cl.C4H4O/c10-8-4-7-9-5-2-1-3-6-9;1-2-4-5-3-1/h1-7H,8H2;1-4H. The Morgan fingerprint density at radius 1 is 1.00 bits per heavy atom. The number of furan rings is 1. The second-order valence-corrected chi connectivity index (χ2v) is 3.07. The van der Waals surface area contributed by atoms with E-state index >= 15 is 0 Å². The minimum Gasteiger partial charge on any atom is -0.473 e. The van der Waals surface area contributed by atoms with Crippen LogP contribution in [0.2, 0.25) is 0 Å². The van der Waals surface area contributed by atoms with Crippen LogP contribution < -0.4 is 0 Å². The van der Waals surface area contributed by atoms with Crippen LogP contribution in [0.3, 0.4) is 0 Å². The van der Waals surface area contributed by atoms with Gasteiger partial charge in [-0.2, -0.15) is 0 Å². The molecular formula is C13H13ClO. The summed E-state index contributed by atoms with van der Waals surface area (Å²) in [5.74, 6) is 0.578. The van der Waals surface area contributed by atoms with Crippen molar-refractivity contribution in [3.63, 3.8) is 0 Å². The number of benzene rings is 1. The Hall–Kier alpha value is -1.47. The topological polar surface area (TPSA) is 13.1 Å². The van der Waals surface area contributed by atoms with Gasteiger partial charge in [-0.15, -0.1) is 11.6 Å². The molecule has 0 aliphatic heterocycles. The van der Waals surface area contributed by atoms with Crippen LogP contribution in [0.25, 0.3) is 6.08 Å². The van der Waals surface area contributed by atoms with Crippen molar-refractivity contribution >= 4 is 17.7 Å². The maximum absolute atomic E-state index is 5.46. The van der Waals surface area contributed by atoms with Crippen LogP contribution in [0, 0.1) is 0 Å². The molecule has 0 spiro atoms. The molecule has 1 aromatic carbocycles. The molecule has 0 fully saturated rings. The number of allylic oxidation sites excluding steroid dienone is 1. The molecule has 2 rings (SSSR count). The monoisotopic (exact) mass is 220 g/mol. The maximum atomic E-state index is 5.46. The molecular weight excluding hydrogens is 208 g/mol. The third kappa shape index (κ3) is 5.76. The third-order valence-corrected chi connectivity index (χ3v) is 1.80. The molecule has 0 aliphatic carbocycles. The highest BCUT2D eigenvalue weighted by atomic mass is 35.5. The van der Waals surface area contributed by atoms with Crippen LogP contribution in [0.4, 0.5) is 0 Å². The molecule has 78 valence electrons. The molecule has 0 N–H and O–H groups in total. The molecule has 0 atom stereocenters. The fraction of sp³-hybridized carbons (Fsp3) is 0.0769. The van der Waals surface area contributed by atoms with E-state index in [4.69, 9.17) is 11.6 Å². The van der Waals surface area contributed by atoms with E-state index in [1.54, 1.807) is 12.5 Å². The summed E-state index contributed by atoms with van der Waals surface area (Å²) in [7, 11) is 0. The van der Waals surface area contributed by atoms with E-state index in [1.165, 1.54) is 5.56 Å². The molecule has 0 amide bonds. The summed E-state index contributed by atoms with van der Waals surface area (Å²) in [6.45, 7) is 0. The van der Waals surface area contributed by atoms with Gasteiger partial charge in [0.25, 0.3) is 0 Å². The number of hydrogen-bond acceptors (Lipinski definition) is 1. The van der Waals surface area contributed by atoms with Crippen LogP contribution in [0.15, 0.2) is 65.5 Å². The zero-order valence-electron chi connectivity index (χ0n) is 8.34. The molecule has 1 nitrogen and oxygen atoms in total. The fourth-order valence-electron chi connectivity index (χ4n) is 0.972. The van der Waals surface area contributed by atoms with E-state index in [0.29, 0.717) is 5.88 Å². The number of rotatable bonds is 2. The lowest BCUT2D eigenvalue weighted by molar-refractivity contribution is 0.567. The van der Waals surface area contributed by atoms with Gasteiger partial charge >= 0.3 is 0 Å². The van der Waals surface area contributed by atoms with Crippen molar-refractivity contribution in [3.8, 4) is 0 Å². The summed E-state index contributed by atoms with van der Waals surface area (Å²) in [6, 6.07) is 13.8. The zero-order valence-corrected chi connectivity index (χ0v) is 9.10. The van der Waals surface area contributed by atoms with E-state index in [9.17, 15) is 0 Å². The third-order valence-electron chi connectivity index (χ3n) is 1.62. The van der Waals surface area contributed by atoms with Gasteiger partial charge in [-0.1, -0.05) is 42.5 Å². The molecule has 15 heavy (non-hydrogen) atoms. The molecule has 0 aliphatic rings. The Bertz CT molecular complexity index is 334. The minimum atomic E-state index is 0.578.